The van der Waals surface area contributed by atoms with Crippen molar-refractivity contribution in [3.63, 3.8) is 0 Å². The fraction of sp³-hybridized carbons (Fsp3) is 0.929. The molecule has 2 heterocycles. The molecular weight excluding hydrogens is 242 g/mol. The molecule has 19 heavy (non-hydrogen) atoms. The first-order valence-electron chi connectivity index (χ1n) is 7.29. The van der Waals surface area contributed by atoms with Crippen LogP contribution in [0.2, 0.25) is 0 Å². The van der Waals surface area contributed by atoms with Crippen molar-refractivity contribution in [1.82, 2.24) is 15.1 Å². The smallest absolute Gasteiger partial charge is 0.410 e. The largest absolute Gasteiger partial charge is 0.444 e. The van der Waals surface area contributed by atoms with E-state index in [9.17, 15) is 4.79 Å². The third-order valence-electron chi connectivity index (χ3n) is 3.85. The second-order valence-corrected chi connectivity index (χ2v) is 6.63. The second kappa shape index (κ2) is 5.67. The minimum Gasteiger partial charge on any atom is -0.444 e. The molecule has 2 unspecified atom stereocenters. The van der Waals surface area contributed by atoms with Crippen molar-refractivity contribution in [2.75, 3.05) is 33.2 Å². The number of fused-ring (bicyclic) bond motifs is 2. The molecule has 5 heteroatoms. The van der Waals surface area contributed by atoms with Crippen molar-refractivity contribution in [2.45, 2.75) is 51.3 Å². The van der Waals surface area contributed by atoms with Gasteiger partial charge < -0.3 is 15.0 Å². The molecule has 0 spiro atoms. The lowest BCUT2D eigenvalue weighted by atomic mass is 10.2. The van der Waals surface area contributed by atoms with Gasteiger partial charge in [0.1, 0.15) is 5.60 Å². The van der Waals surface area contributed by atoms with Gasteiger partial charge in [-0.3, -0.25) is 4.90 Å². The Morgan fingerprint density at radius 2 is 2.05 bits per heavy atom. The quantitative estimate of drug-likeness (QED) is 0.781. The zero-order valence-corrected chi connectivity index (χ0v) is 12.6. The summed E-state index contributed by atoms with van der Waals surface area (Å²) in [6.07, 6.45) is 2.14. The van der Waals surface area contributed by atoms with Crippen LogP contribution >= 0.6 is 0 Å². The van der Waals surface area contributed by atoms with Crippen molar-refractivity contribution >= 4 is 6.09 Å². The summed E-state index contributed by atoms with van der Waals surface area (Å²) in [4.78, 5) is 16.5. The average Bonchev–Trinajstić information content (AvgIpc) is 2.86. The number of amides is 1. The maximum absolute atomic E-state index is 12.1. The molecule has 2 aliphatic heterocycles. The molecule has 0 aromatic carbocycles. The maximum Gasteiger partial charge on any atom is 0.410 e. The summed E-state index contributed by atoms with van der Waals surface area (Å²) < 4.78 is 5.47. The molecule has 0 aliphatic carbocycles. The van der Waals surface area contributed by atoms with E-state index in [4.69, 9.17) is 4.74 Å². The number of carbonyl (C=O) groups is 1. The Labute approximate surface area is 116 Å². The zero-order chi connectivity index (χ0) is 14.0. The summed E-state index contributed by atoms with van der Waals surface area (Å²) in [5, 5.41) is 3.18. The number of nitrogens with one attached hydrogen (secondary N) is 1. The molecule has 2 saturated heterocycles. The normalized spacial score (nSPS) is 27.1. The molecule has 0 aromatic heterocycles. The highest BCUT2D eigenvalue weighted by Crippen LogP contribution is 2.31. The van der Waals surface area contributed by atoms with E-state index in [1.165, 1.54) is 6.42 Å². The van der Waals surface area contributed by atoms with Gasteiger partial charge in [-0.2, -0.15) is 0 Å². The Morgan fingerprint density at radius 3 is 2.58 bits per heavy atom. The van der Waals surface area contributed by atoms with E-state index in [1.807, 2.05) is 32.7 Å². The number of hydrogen-bond donors (Lipinski definition) is 1. The SMILES string of the molecule is CNCCCN1CC2CC1CN2C(=O)OC(C)(C)C. The van der Waals surface area contributed by atoms with E-state index >= 15 is 0 Å². The highest BCUT2D eigenvalue weighted by atomic mass is 16.6. The van der Waals surface area contributed by atoms with Gasteiger partial charge in [0.25, 0.3) is 0 Å². The topological polar surface area (TPSA) is 44.8 Å². The number of carbonyl (C=O) groups excluding carboxylic acids is 1. The monoisotopic (exact) mass is 269 g/mol. The Hall–Kier alpha value is -0.810. The third kappa shape index (κ3) is 3.60. The molecule has 2 atom stereocenters. The van der Waals surface area contributed by atoms with E-state index in [-0.39, 0.29) is 6.09 Å². The van der Waals surface area contributed by atoms with Crippen LogP contribution in [0.15, 0.2) is 0 Å². The number of likely N-dealkylation sites (tertiary alicyclic amines) is 2. The minimum absolute atomic E-state index is 0.144. The molecule has 1 amide bonds. The van der Waals surface area contributed by atoms with Crippen LogP contribution in [0.3, 0.4) is 0 Å². The van der Waals surface area contributed by atoms with Gasteiger partial charge in [-0.05, 0) is 53.8 Å². The van der Waals surface area contributed by atoms with E-state index in [1.54, 1.807) is 0 Å². The molecule has 2 bridgehead atoms. The standard InChI is InChI=1S/C14H27N3O2/c1-14(2,3)19-13(18)17-10-11-8-12(17)9-16(11)7-5-6-15-4/h11-12,15H,5-10H2,1-4H3. The molecule has 2 rings (SSSR count). The van der Waals surface area contributed by atoms with E-state index in [0.29, 0.717) is 12.1 Å². The van der Waals surface area contributed by atoms with E-state index < -0.39 is 5.60 Å². The number of nitrogens with zero attached hydrogens (tertiary/aromatic N) is 2. The number of ether oxygens (including phenoxy) is 1. The fourth-order valence-electron chi connectivity index (χ4n) is 3.03. The van der Waals surface area contributed by atoms with Gasteiger partial charge in [-0.25, -0.2) is 4.79 Å². The minimum atomic E-state index is -0.397. The highest BCUT2D eigenvalue weighted by molar-refractivity contribution is 5.69. The molecule has 2 aliphatic rings. The Morgan fingerprint density at radius 1 is 1.32 bits per heavy atom. The lowest BCUT2D eigenvalue weighted by Crippen LogP contribution is -2.50. The van der Waals surface area contributed by atoms with Gasteiger partial charge in [-0.1, -0.05) is 0 Å². The van der Waals surface area contributed by atoms with Gasteiger partial charge in [0.05, 0.1) is 0 Å². The molecule has 5 nitrogen and oxygen atoms in total. The number of piperazine rings is 1. The summed E-state index contributed by atoms with van der Waals surface area (Å²) in [6.45, 7) is 9.79. The Balaban J connectivity index is 1.80. The summed E-state index contributed by atoms with van der Waals surface area (Å²) in [5.74, 6) is 0. The lowest BCUT2D eigenvalue weighted by molar-refractivity contribution is 0.0129. The molecule has 2 fully saturated rings. The van der Waals surface area contributed by atoms with Crippen LogP contribution in [0, 0.1) is 0 Å². The average molecular weight is 269 g/mol. The number of hydrogen-bond acceptors (Lipinski definition) is 4. The summed E-state index contributed by atoms with van der Waals surface area (Å²) in [6, 6.07) is 0.892. The van der Waals surface area contributed by atoms with Crippen molar-refractivity contribution < 1.29 is 9.53 Å². The van der Waals surface area contributed by atoms with Crippen molar-refractivity contribution in [3.8, 4) is 0 Å². The second-order valence-electron chi connectivity index (χ2n) is 6.63. The van der Waals surface area contributed by atoms with E-state index in [2.05, 4.69) is 10.2 Å². The van der Waals surface area contributed by atoms with Crippen molar-refractivity contribution in [1.29, 1.82) is 0 Å². The first kappa shape index (κ1) is 14.6. The molecular formula is C14H27N3O2. The van der Waals surface area contributed by atoms with Gasteiger partial charge in [0.2, 0.25) is 0 Å². The van der Waals surface area contributed by atoms with Crippen LogP contribution < -0.4 is 5.32 Å². The van der Waals surface area contributed by atoms with Crippen LogP contribution in [0.1, 0.15) is 33.6 Å². The summed E-state index contributed by atoms with van der Waals surface area (Å²) in [5.41, 5.74) is -0.397. The van der Waals surface area contributed by atoms with E-state index in [0.717, 1.165) is 32.6 Å². The third-order valence-corrected chi connectivity index (χ3v) is 3.85. The van der Waals surface area contributed by atoms with Gasteiger partial charge in [0, 0.05) is 25.2 Å². The van der Waals surface area contributed by atoms with Gasteiger partial charge in [0.15, 0.2) is 0 Å². The predicted molar refractivity (Wildman–Crippen MR) is 75.2 cm³/mol. The Kier molecular flexibility index (Phi) is 4.36. The van der Waals surface area contributed by atoms with Crippen molar-refractivity contribution in [3.05, 3.63) is 0 Å². The van der Waals surface area contributed by atoms with Gasteiger partial charge in [-0.15, -0.1) is 0 Å². The molecule has 110 valence electrons. The Bertz CT molecular complexity index is 327. The van der Waals surface area contributed by atoms with Crippen LogP contribution in [-0.2, 0) is 4.74 Å². The molecule has 0 radical (unpaired) electrons. The molecule has 0 aromatic rings. The van der Waals surface area contributed by atoms with Crippen LogP contribution in [-0.4, -0.2) is 66.8 Å². The fourth-order valence-corrected chi connectivity index (χ4v) is 3.03. The maximum atomic E-state index is 12.1. The van der Waals surface area contributed by atoms with Crippen molar-refractivity contribution in [2.24, 2.45) is 0 Å². The molecule has 1 N–H and O–H groups in total. The first-order chi connectivity index (χ1) is 8.90. The lowest BCUT2D eigenvalue weighted by Gasteiger charge is -2.35. The highest BCUT2D eigenvalue weighted by Gasteiger charge is 2.45. The van der Waals surface area contributed by atoms with Gasteiger partial charge >= 0.3 is 6.09 Å². The summed E-state index contributed by atoms with van der Waals surface area (Å²) >= 11 is 0. The first-order valence-corrected chi connectivity index (χ1v) is 7.29. The zero-order valence-electron chi connectivity index (χ0n) is 12.6. The van der Waals surface area contributed by atoms with Crippen LogP contribution in [0.25, 0.3) is 0 Å². The summed E-state index contributed by atoms with van der Waals surface area (Å²) in [7, 11) is 1.99. The van der Waals surface area contributed by atoms with Crippen LogP contribution in [0.5, 0.6) is 0 Å². The number of rotatable bonds is 4. The predicted octanol–water partition coefficient (Wildman–Crippen LogP) is 1.29. The van der Waals surface area contributed by atoms with Crippen LogP contribution in [0.4, 0.5) is 4.79 Å². The molecule has 0 saturated carbocycles.